The highest BCUT2D eigenvalue weighted by molar-refractivity contribution is 5.75. The first kappa shape index (κ1) is 13.5. The van der Waals surface area contributed by atoms with Gasteiger partial charge in [-0.2, -0.15) is 0 Å². The van der Waals surface area contributed by atoms with Crippen LogP contribution in [0.4, 0.5) is 0 Å². The van der Waals surface area contributed by atoms with E-state index in [1.165, 1.54) is 32.1 Å². The second-order valence-electron chi connectivity index (χ2n) is 4.82. The van der Waals surface area contributed by atoms with Crippen LogP contribution in [-0.4, -0.2) is 24.2 Å². The van der Waals surface area contributed by atoms with Crippen LogP contribution in [0.2, 0.25) is 0 Å². The van der Waals surface area contributed by atoms with Gasteiger partial charge in [0.1, 0.15) is 0 Å². The Labute approximate surface area is 98.6 Å². The summed E-state index contributed by atoms with van der Waals surface area (Å²) in [6, 6.07) is 0. The Bertz CT molecular complexity index is 188. The molecule has 0 unspecified atom stereocenters. The minimum absolute atomic E-state index is 0.139. The molecule has 94 valence electrons. The van der Waals surface area contributed by atoms with Crippen molar-refractivity contribution in [1.82, 2.24) is 5.32 Å². The number of carbonyl (C=O) groups is 1. The molecule has 2 N–H and O–H groups in total. The summed E-state index contributed by atoms with van der Waals surface area (Å²) < 4.78 is 0. The molecule has 0 spiro atoms. The van der Waals surface area contributed by atoms with E-state index in [1.807, 2.05) is 0 Å². The molecule has 1 fully saturated rings. The Hall–Kier alpha value is -0.570. The van der Waals surface area contributed by atoms with Crippen molar-refractivity contribution in [2.24, 2.45) is 5.92 Å². The quantitative estimate of drug-likeness (QED) is 0.625. The fourth-order valence-corrected chi connectivity index (χ4v) is 2.40. The molecule has 1 aliphatic rings. The Balaban J connectivity index is 1.87. The second kappa shape index (κ2) is 8.57. The highest BCUT2D eigenvalue weighted by Gasteiger charge is 2.13. The summed E-state index contributed by atoms with van der Waals surface area (Å²) in [7, 11) is 0. The smallest absolute Gasteiger partial charge is 0.219 e. The molecule has 0 aromatic rings. The summed E-state index contributed by atoms with van der Waals surface area (Å²) in [6.07, 6.45) is 10.1. The van der Waals surface area contributed by atoms with Crippen molar-refractivity contribution in [2.75, 3.05) is 13.2 Å². The number of rotatable bonds is 8. The summed E-state index contributed by atoms with van der Waals surface area (Å²) in [5.41, 5.74) is 0. The number of hydrogen-bond acceptors (Lipinski definition) is 2. The van der Waals surface area contributed by atoms with Gasteiger partial charge in [0.25, 0.3) is 0 Å². The van der Waals surface area contributed by atoms with Gasteiger partial charge in [-0.05, 0) is 31.6 Å². The lowest BCUT2D eigenvalue weighted by atomic mass is 10.0. The van der Waals surface area contributed by atoms with E-state index in [2.05, 4.69) is 5.32 Å². The minimum Gasteiger partial charge on any atom is -0.396 e. The summed E-state index contributed by atoms with van der Waals surface area (Å²) in [5.74, 6) is 1.06. The van der Waals surface area contributed by atoms with Gasteiger partial charge in [0.05, 0.1) is 0 Å². The molecule has 0 bridgehead atoms. The van der Waals surface area contributed by atoms with Gasteiger partial charge in [0, 0.05) is 19.6 Å². The average Bonchev–Trinajstić information content (AvgIpc) is 2.78. The van der Waals surface area contributed by atoms with Gasteiger partial charge in [-0.3, -0.25) is 4.79 Å². The number of nitrogens with one attached hydrogen (secondary N) is 1. The molecule has 0 aromatic heterocycles. The molecule has 0 atom stereocenters. The van der Waals surface area contributed by atoms with Crippen LogP contribution in [0.3, 0.4) is 0 Å². The third-order valence-electron chi connectivity index (χ3n) is 3.40. The number of amides is 1. The van der Waals surface area contributed by atoms with Crippen LogP contribution in [0.25, 0.3) is 0 Å². The topological polar surface area (TPSA) is 49.3 Å². The van der Waals surface area contributed by atoms with Gasteiger partial charge < -0.3 is 10.4 Å². The zero-order valence-electron chi connectivity index (χ0n) is 10.2. The van der Waals surface area contributed by atoms with E-state index >= 15 is 0 Å². The van der Waals surface area contributed by atoms with Crippen LogP contribution in [0.1, 0.15) is 57.8 Å². The van der Waals surface area contributed by atoms with Crippen molar-refractivity contribution in [1.29, 1.82) is 0 Å². The van der Waals surface area contributed by atoms with Gasteiger partial charge in [0.2, 0.25) is 5.91 Å². The maximum atomic E-state index is 11.3. The molecule has 3 nitrogen and oxygen atoms in total. The van der Waals surface area contributed by atoms with Gasteiger partial charge in [0.15, 0.2) is 0 Å². The first-order valence-electron chi connectivity index (χ1n) is 6.70. The highest BCUT2D eigenvalue weighted by Crippen LogP contribution is 2.28. The van der Waals surface area contributed by atoms with Crippen LogP contribution in [0.15, 0.2) is 0 Å². The Kier molecular flexibility index (Phi) is 7.23. The minimum atomic E-state index is 0.139. The molecular formula is C13H25NO2. The maximum absolute atomic E-state index is 11.3. The first-order valence-corrected chi connectivity index (χ1v) is 6.70. The monoisotopic (exact) mass is 227 g/mol. The molecule has 16 heavy (non-hydrogen) atoms. The van der Waals surface area contributed by atoms with Crippen molar-refractivity contribution in [3.63, 3.8) is 0 Å². The SMILES string of the molecule is O=C(CCCCO)NCCCC1CCCC1. The largest absolute Gasteiger partial charge is 0.396 e. The predicted molar refractivity (Wildman–Crippen MR) is 65.1 cm³/mol. The fourth-order valence-electron chi connectivity index (χ4n) is 2.40. The van der Waals surface area contributed by atoms with Crippen molar-refractivity contribution < 1.29 is 9.90 Å². The van der Waals surface area contributed by atoms with Gasteiger partial charge in [-0.25, -0.2) is 0 Å². The van der Waals surface area contributed by atoms with Gasteiger partial charge in [-0.15, -0.1) is 0 Å². The summed E-state index contributed by atoms with van der Waals surface area (Å²) in [6.45, 7) is 1.02. The number of carbonyl (C=O) groups excluding carboxylic acids is 1. The van der Waals surface area contributed by atoms with Crippen LogP contribution < -0.4 is 5.32 Å². The number of aliphatic hydroxyl groups is 1. The lowest BCUT2D eigenvalue weighted by molar-refractivity contribution is -0.121. The van der Waals surface area contributed by atoms with E-state index in [0.717, 1.165) is 31.7 Å². The van der Waals surface area contributed by atoms with Crippen LogP contribution in [0.5, 0.6) is 0 Å². The molecule has 0 heterocycles. The molecule has 1 aliphatic carbocycles. The van der Waals surface area contributed by atoms with Crippen molar-refractivity contribution in [2.45, 2.75) is 57.8 Å². The standard InChI is InChI=1S/C13H25NO2/c15-11-4-3-9-13(16)14-10-5-8-12-6-1-2-7-12/h12,15H,1-11H2,(H,14,16). The van der Waals surface area contributed by atoms with Crippen LogP contribution >= 0.6 is 0 Å². The Morgan fingerprint density at radius 2 is 1.94 bits per heavy atom. The molecular weight excluding hydrogens is 202 g/mol. The lowest BCUT2D eigenvalue weighted by Crippen LogP contribution is -2.24. The average molecular weight is 227 g/mol. The molecule has 0 saturated heterocycles. The summed E-state index contributed by atoms with van der Waals surface area (Å²) in [5, 5.41) is 11.5. The van der Waals surface area contributed by atoms with Gasteiger partial charge >= 0.3 is 0 Å². The molecule has 1 saturated carbocycles. The molecule has 0 aliphatic heterocycles. The zero-order valence-corrected chi connectivity index (χ0v) is 10.2. The molecule has 0 radical (unpaired) electrons. The molecule has 1 amide bonds. The second-order valence-corrected chi connectivity index (χ2v) is 4.82. The van der Waals surface area contributed by atoms with E-state index in [4.69, 9.17) is 5.11 Å². The maximum Gasteiger partial charge on any atom is 0.219 e. The van der Waals surface area contributed by atoms with E-state index < -0.39 is 0 Å². The van der Waals surface area contributed by atoms with Crippen LogP contribution in [-0.2, 0) is 4.79 Å². The summed E-state index contributed by atoms with van der Waals surface area (Å²) in [4.78, 5) is 11.3. The van der Waals surface area contributed by atoms with Crippen molar-refractivity contribution in [3.05, 3.63) is 0 Å². The lowest BCUT2D eigenvalue weighted by Gasteiger charge is -2.09. The van der Waals surface area contributed by atoms with Gasteiger partial charge in [-0.1, -0.05) is 25.7 Å². The molecule has 1 rings (SSSR count). The van der Waals surface area contributed by atoms with E-state index in [-0.39, 0.29) is 12.5 Å². The fraction of sp³-hybridized carbons (Fsp3) is 0.923. The van der Waals surface area contributed by atoms with Crippen LogP contribution in [0, 0.1) is 5.92 Å². The Morgan fingerprint density at radius 3 is 2.62 bits per heavy atom. The Morgan fingerprint density at radius 1 is 1.19 bits per heavy atom. The molecule has 3 heteroatoms. The zero-order chi connectivity index (χ0) is 11.6. The van der Waals surface area contributed by atoms with E-state index in [0.29, 0.717) is 6.42 Å². The number of hydrogen-bond donors (Lipinski definition) is 2. The number of aliphatic hydroxyl groups excluding tert-OH is 1. The first-order chi connectivity index (χ1) is 7.83. The van der Waals surface area contributed by atoms with Crippen molar-refractivity contribution >= 4 is 5.91 Å². The summed E-state index contributed by atoms with van der Waals surface area (Å²) >= 11 is 0. The van der Waals surface area contributed by atoms with Crippen molar-refractivity contribution in [3.8, 4) is 0 Å². The normalized spacial score (nSPS) is 16.6. The highest BCUT2D eigenvalue weighted by atomic mass is 16.2. The third kappa shape index (κ3) is 6.11. The third-order valence-corrected chi connectivity index (χ3v) is 3.40. The number of unbranched alkanes of at least 4 members (excludes halogenated alkanes) is 1. The molecule has 0 aromatic carbocycles. The predicted octanol–water partition coefficient (Wildman–Crippen LogP) is 2.24. The van der Waals surface area contributed by atoms with E-state index in [9.17, 15) is 4.79 Å². The van der Waals surface area contributed by atoms with E-state index in [1.54, 1.807) is 0 Å².